The molecule has 184 valence electrons. The molecular weight excluding hydrogens is 434 g/mol. The summed E-state index contributed by atoms with van der Waals surface area (Å²) >= 11 is 0. The van der Waals surface area contributed by atoms with Crippen LogP contribution in [0.5, 0.6) is 0 Å². The number of alkyl carbamates (subject to hydrolysis) is 1. The van der Waals surface area contributed by atoms with E-state index in [9.17, 15) is 14.9 Å². The Morgan fingerprint density at radius 2 is 2.03 bits per heavy atom. The topological polar surface area (TPSA) is 133 Å². The fourth-order valence-electron chi connectivity index (χ4n) is 4.54. The van der Waals surface area contributed by atoms with E-state index in [-0.39, 0.29) is 18.3 Å². The quantitative estimate of drug-likeness (QED) is 0.463. The number of amides is 2. The number of carbonyl (C=O) groups excluding carboxylic acids is 2. The molecular formula is C24H35N7O3. The van der Waals surface area contributed by atoms with Crippen molar-refractivity contribution >= 4 is 17.8 Å². The van der Waals surface area contributed by atoms with Crippen LogP contribution in [0, 0.1) is 17.2 Å². The predicted molar refractivity (Wildman–Crippen MR) is 127 cm³/mol. The van der Waals surface area contributed by atoms with Crippen molar-refractivity contribution in [3.63, 3.8) is 0 Å². The van der Waals surface area contributed by atoms with Crippen LogP contribution >= 0.6 is 0 Å². The van der Waals surface area contributed by atoms with Crippen molar-refractivity contribution in [1.82, 2.24) is 25.5 Å². The van der Waals surface area contributed by atoms with E-state index in [0.717, 1.165) is 38.8 Å². The Morgan fingerprint density at radius 3 is 2.65 bits per heavy atom. The molecule has 1 aromatic heterocycles. The minimum atomic E-state index is -0.911. The van der Waals surface area contributed by atoms with Crippen molar-refractivity contribution in [2.45, 2.75) is 69.9 Å². The highest BCUT2D eigenvalue weighted by Gasteiger charge is 2.37. The maximum Gasteiger partial charge on any atom is 0.412 e. The van der Waals surface area contributed by atoms with Gasteiger partial charge in [0.15, 0.2) is 5.84 Å². The summed E-state index contributed by atoms with van der Waals surface area (Å²) in [5, 5.41) is 15.5. The summed E-state index contributed by atoms with van der Waals surface area (Å²) in [5.41, 5.74) is -0.572. The molecule has 2 N–H and O–H groups in total. The number of piperidine rings is 1. The average molecular weight is 470 g/mol. The van der Waals surface area contributed by atoms with Gasteiger partial charge in [0.1, 0.15) is 17.3 Å². The molecule has 10 heteroatoms. The lowest BCUT2D eigenvalue weighted by Gasteiger charge is -2.37. The number of amidine groups is 1. The molecule has 34 heavy (non-hydrogen) atoms. The molecule has 1 saturated heterocycles. The molecule has 2 heterocycles. The van der Waals surface area contributed by atoms with E-state index in [1.165, 1.54) is 25.0 Å². The van der Waals surface area contributed by atoms with Crippen molar-refractivity contribution < 1.29 is 14.3 Å². The summed E-state index contributed by atoms with van der Waals surface area (Å²) in [7, 11) is 2.01. The Hall–Kier alpha value is -3.06. The van der Waals surface area contributed by atoms with E-state index in [4.69, 9.17) is 4.74 Å². The zero-order valence-corrected chi connectivity index (χ0v) is 20.1. The minimum absolute atomic E-state index is 0.136. The molecule has 2 amide bonds. The maximum absolute atomic E-state index is 13.5. The molecule has 1 aliphatic heterocycles. The largest absolute Gasteiger partial charge is 0.450 e. The molecule has 2 aliphatic rings. The highest BCUT2D eigenvalue weighted by Crippen LogP contribution is 2.29. The first kappa shape index (κ1) is 25.6. The van der Waals surface area contributed by atoms with Crippen molar-refractivity contribution in [3.05, 3.63) is 24.3 Å². The predicted octanol–water partition coefficient (Wildman–Crippen LogP) is 2.41. The van der Waals surface area contributed by atoms with Crippen LogP contribution in [0.15, 0.2) is 23.6 Å². The Labute approximate surface area is 201 Å². The number of aliphatic imine (C=N–C) groups is 1. The number of nitrogens with one attached hydrogen (secondary N) is 2. The molecule has 0 bridgehead atoms. The average Bonchev–Trinajstić information content (AvgIpc) is 2.86. The van der Waals surface area contributed by atoms with Crippen molar-refractivity contribution in [3.8, 4) is 6.07 Å². The Balaban J connectivity index is 1.88. The molecule has 1 unspecified atom stereocenters. The van der Waals surface area contributed by atoms with E-state index in [1.807, 2.05) is 7.05 Å². The van der Waals surface area contributed by atoms with Gasteiger partial charge in [-0.15, -0.1) is 0 Å². The Morgan fingerprint density at radius 1 is 1.29 bits per heavy atom. The zero-order chi connectivity index (χ0) is 24.4. The van der Waals surface area contributed by atoms with E-state index < -0.39 is 17.7 Å². The summed E-state index contributed by atoms with van der Waals surface area (Å²) in [6.45, 7) is 3.38. The molecule has 1 saturated carbocycles. The maximum atomic E-state index is 13.5. The third kappa shape index (κ3) is 7.22. The molecule has 1 aromatic rings. The summed E-state index contributed by atoms with van der Waals surface area (Å²) in [5.74, 6) is 0.190. The lowest BCUT2D eigenvalue weighted by atomic mass is 9.84. The molecule has 1 aliphatic carbocycles. The minimum Gasteiger partial charge on any atom is -0.450 e. The second-order valence-electron chi connectivity index (χ2n) is 9.16. The first-order valence-corrected chi connectivity index (χ1v) is 12.1. The smallest absolute Gasteiger partial charge is 0.412 e. The van der Waals surface area contributed by atoms with Gasteiger partial charge in [-0.2, -0.15) is 5.26 Å². The van der Waals surface area contributed by atoms with E-state index in [1.54, 1.807) is 6.92 Å². The number of aromatic nitrogens is 2. The number of ether oxygens (including phenoxy) is 1. The fourth-order valence-corrected chi connectivity index (χ4v) is 4.54. The van der Waals surface area contributed by atoms with E-state index >= 15 is 0 Å². The Bertz CT molecular complexity index is 886. The van der Waals surface area contributed by atoms with Crippen molar-refractivity contribution in [2.75, 3.05) is 26.7 Å². The molecule has 2 fully saturated rings. The first-order valence-electron chi connectivity index (χ1n) is 12.1. The SMILES string of the molecule is CCOC(=O)NC(=NC(CC1CCCCC1)C(=O)NC1(C#N)CCN(C)CC1)c1cnccn1. The highest BCUT2D eigenvalue weighted by molar-refractivity contribution is 6.06. The summed E-state index contributed by atoms with van der Waals surface area (Å²) < 4.78 is 5.02. The number of rotatable bonds is 7. The number of nitriles is 1. The van der Waals surface area contributed by atoms with Gasteiger partial charge in [0.05, 0.1) is 18.9 Å². The van der Waals surface area contributed by atoms with Gasteiger partial charge in [0.25, 0.3) is 0 Å². The Kier molecular flexibility index (Phi) is 9.33. The number of carbonyl (C=O) groups is 2. The van der Waals surface area contributed by atoms with Gasteiger partial charge in [-0.25, -0.2) is 9.78 Å². The summed E-state index contributed by atoms with van der Waals surface area (Å²) in [4.78, 5) is 40.9. The third-order valence-electron chi connectivity index (χ3n) is 6.59. The summed E-state index contributed by atoms with van der Waals surface area (Å²) in [6, 6.07) is 1.57. The van der Waals surface area contributed by atoms with Crippen LogP contribution in [0.3, 0.4) is 0 Å². The lowest BCUT2D eigenvalue weighted by molar-refractivity contribution is -0.124. The second kappa shape index (κ2) is 12.4. The van der Waals surface area contributed by atoms with Gasteiger partial charge < -0.3 is 15.0 Å². The standard InChI is InChI=1S/C24H35N7O3/c1-3-34-23(33)29-21(20-16-26-11-12-27-20)28-19(15-18-7-5-4-6-8-18)22(32)30-24(17-25)9-13-31(2)14-10-24/h11-12,16,18-19H,3-10,13-15H2,1-2H3,(H,30,32)(H,28,29,33). The van der Waals surface area contributed by atoms with E-state index in [0.29, 0.717) is 30.9 Å². The van der Waals surface area contributed by atoms with Gasteiger partial charge in [-0.1, -0.05) is 32.1 Å². The molecule has 3 rings (SSSR count). The molecule has 0 aromatic carbocycles. The van der Waals surface area contributed by atoms with Crippen LogP contribution in [0.25, 0.3) is 0 Å². The first-order chi connectivity index (χ1) is 16.4. The lowest BCUT2D eigenvalue weighted by Crippen LogP contribution is -2.56. The van der Waals surface area contributed by atoms with Crippen molar-refractivity contribution in [2.24, 2.45) is 10.9 Å². The van der Waals surface area contributed by atoms with Crippen molar-refractivity contribution in [1.29, 1.82) is 5.26 Å². The van der Waals surface area contributed by atoms with Gasteiger partial charge in [-0.3, -0.25) is 20.1 Å². The van der Waals surface area contributed by atoms with Gasteiger partial charge in [-0.05, 0) is 39.2 Å². The van der Waals surface area contributed by atoms with Crippen LogP contribution in [0.2, 0.25) is 0 Å². The van der Waals surface area contributed by atoms with Crippen LogP contribution in [0.4, 0.5) is 4.79 Å². The molecule has 1 atom stereocenters. The number of hydrogen-bond acceptors (Lipinski definition) is 8. The number of hydrogen-bond donors (Lipinski definition) is 2. The van der Waals surface area contributed by atoms with Crippen LogP contribution in [-0.4, -0.2) is 71.0 Å². The number of nitrogens with zero attached hydrogens (tertiary/aromatic N) is 5. The fraction of sp³-hybridized carbons (Fsp3) is 0.667. The zero-order valence-electron chi connectivity index (χ0n) is 20.1. The molecule has 0 spiro atoms. The molecule has 10 nitrogen and oxygen atoms in total. The molecule has 0 radical (unpaired) electrons. The van der Waals surface area contributed by atoms with Gasteiger partial charge in [0, 0.05) is 25.5 Å². The highest BCUT2D eigenvalue weighted by atomic mass is 16.5. The third-order valence-corrected chi connectivity index (χ3v) is 6.59. The van der Waals surface area contributed by atoms with Crippen LogP contribution in [0.1, 0.15) is 64.0 Å². The normalized spacial score (nSPS) is 20.1. The second-order valence-corrected chi connectivity index (χ2v) is 9.16. The van der Waals surface area contributed by atoms with Gasteiger partial charge in [0.2, 0.25) is 5.91 Å². The van der Waals surface area contributed by atoms with Crippen LogP contribution < -0.4 is 10.6 Å². The monoisotopic (exact) mass is 469 g/mol. The van der Waals surface area contributed by atoms with Gasteiger partial charge >= 0.3 is 6.09 Å². The number of likely N-dealkylation sites (tertiary alicyclic amines) is 1. The van der Waals surface area contributed by atoms with E-state index in [2.05, 4.69) is 36.6 Å². The summed E-state index contributed by atoms with van der Waals surface area (Å²) in [6.07, 6.45) is 11.0. The van der Waals surface area contributed by atoms with Crippen LogP contribution in [-0.2, 0) is 9.53 Å².